The molecule has 1 aliphatic heterocycles. The molecule has 3 heterocycles. The number of amides is 1. The quantitative estimate of drug-likeness (QED) is 0.777. The Morgan fingerprint density at radius 3 is 2.94 bits per heavy atom. The average molecular weight is 249 g/mol. The largest absolute Gasteiger partial charge is 0.337 e. The number of thiazole rings is 1. The monoisotopic (exact) mass is 249 g/mol. The molecule has 5 heteroatoms. The van der Waals surface area contributed by atoms with Crippen LogP contribution in [0.4, 0.5) is 0 Å². The lowest BCUT2D eigenvalue weighted by molar-refractivity contribution is 0.0692. The molecule has 4 nitrogen and oxygen atoms in total. The van der Waals surface area contributed by atoms with Crippen molar-refractivity contribution in [1.82, 2.24) is 14.3 Å². The number of hydrogen-bond donors (Lipinski definition) is 0. The Balaban J connectivity index is 1.79. The summed E-state index contributed by atoms with van der Waals surface area (Å²) >= 11 is 1.55. The minimum Gasteiger partial charge on any atom is -0.337 e. The third-order valence-corrected chi connectivity index (χ3v) is 4.15. The van der Waals surface area contributed by atoms with Crippen LogP contribution < -0.4 is 0 Å². The zero-order valence-corrected chi connectivity index (χ0v) is 10.6. The summed E-state index contributed by atoms with van der Waals surface area (Å²) in [5.74, 6) is 0.817. The molecule has 0 unspecified atom stereocenters. The predicted octanol–water partition coefficient (Wildman–Crippen LogP) is 2.27. The third kappa shape index (κ3) is 1.95. The Kier molecular flexibility index (Phi) is 2.63. The van der Waals surface area contributed by atoms with Crippen molar-refractivity contribution in [1.29, 1.82) is 0 Å². The van der Waals surface area contributed by atoms with Gasteiger partial charge in [-0.15, -0.1) is 11.3 Å². The van der Waals surface area contributed by atoms with Gasteiger partial charge in [0.15, 0.2) is 4.96 Å². The van der Waals surface area contributed by atoms with Crippen molar-refractivity contribution in [2.45, 2.75) is 19.8 Å². The van der Waals surface area contributed by atoms with E-state index in [0.29, 0.717) is 5.69 Å². The molecule has 0 N–H and O–H groups in total. The summed E-state index contributed by atoms with van der Waals surface area (Å²) in [5, 5.41) is 1.97. The highest BCUT2D eigenvalue weighted by atomic mass is 32.1. The number of rotatable bonds is 1. The highest BCUT2D eigenvalue weighted by Gasteiger charge is 2.23. The van der Waals surface area contributed by atoms with Crippen LogP contribution in [0.5, 0.6) is 0 Å². The van der Waals surface area contributed by atoms with Gasteiger partial charge in [0.2, 0.25) is 0 Å². The Bertz CT molecular complexity index is 508. The number of piperidine rings is 1. The highest BCUT2D eigenvalue weighted by Crippen LogP contribution is 2.19. The first-order valence-electron chi connectivity index (χ1n) is 5.95. The van der Waals surface area contributed by atoms with E-state index in [0.717, 1.165) is 36.8 Å². The van der Waals surface area contributed by atoms with Crippen molar-refractivity contribution in [3.63, 3.8) is 0 Å². The maximum Gasteiger partial charge on any atom is 0.274 e. The van der Waals surface area contributed by atoms with Gasteiger partial charge in [-0.25, -0.2) is 4.98 Å². The number of fused-ring (bicyclic) bond motifs is 1. The maximum absolute atomic E-state index is 12.2. The van der Waals surface area contributed by atoms with Crippen molar-refractivity contribution in [2.75, 3.05) is 13.1 Å². The second-order valence-electron chi connectivity index (χ2n) is 4.69. The van der Waals surface area contributed by atoms with Crippen LogP contribution in [0.15, 0.2) is 17.8 Å². The van der Waals surface area contributed by atoms with Crippen LogP contribution in [0.25, 0.3) is 4.96 Å². The Labute approximate surface area is 104 Å². The van der Waals surface area contributed by atoms with Crippen LogP contribution in [-0.2, 0) is 0 Å². The van der Waals surface area contributed by atoms with Crippen LogP contribution in [0, 0.1) is 5.92 Å². The summed E-state index contributed by atoms with van der Waals surface area (Å²) in [6.45, 7) is 3.98. The van der Waals surface area contributed by atoms with Crippen LogP contribution in [-0.4, -0.2) is 33.3 Å². The molecule has 1 saturated heterocycles. The van der Waals surface area contributed by atoms with E-state index in [-0.39, 0.29) is 5.91 Å². The summed E-state index contributed by atoms with van der Waals surface area (Å²) in [6, 6.07) is 0. The lowest BCUT2D eigenvalue weighted by atomic mass is 9.99. The molecule has 0 spiro atoms. The minimum atomic E-state index is 0.0767. The molecular formula is C12H15N3OS. The first-order chi connectivity index (χ1) is 8.24. The highest BCUT2D eigenvalue weighted by molar-refractivity contribution is 7.15. The second kappa shape index (κ2) is 4.14. The Morgan fingerprint density at radius 2 is 2.24 bits per heavy atom. The van der Waals surface area contributed by atoms with Crippen LogP contribution in [0.3, 0.4) is 0 Å². The summed E-state index contributed by atoms with van der Waals surface area (Å²) in [7, 11) is 0. The number of nitrogens with zero attached hydrogens (tertiary/aromatic N) is 3. The molecule has 0 saturated carbocycles. The molecule has 0 atom stereocenters. The van der Waals surface area contributed by atoms with E-state index in [1.54, 1.807) is 11.3 Å². The van der Waals surface area contributed by atoms with Crippen molar-refractivity contribution in [2.24, 2.45) is 5.92 Å². The molecule has 0 aliphatic carbocycles. The SMILES string of the molecule is CC1CCN(C(=O)c2cn3ccsc3n2)CC1. The zero-order valence-electron chi connectivity index (χ0n) is 9.80. The molecule has 0 radical (unpaired) electrons. The van der Waals surface area contributed by atoms with E-state index in [2.05, 4.69) is 11.9 Å². The van der Waals surface area contributed by atoms with Gasteiger partial charge in [-0.3, -0.25) is 9.20 Å². The Hall–Kier alpha value is -1.36. The molecule has 3 rings (SSSR count). The molecular weight excluding hydrogens is 234 g/mol. The lowest BCUT2D eigenvalue weighted by Gasteiger charge is -2.29. The van der Waals surface area contributed by atoms with Gasteiger partial charge in [0.25, 0.3) is 5.91 Å². The smallest absolute Gasteiger partial charge is 0.274 e. The number of carbonyl (C=O) groups is 1. The molecule has 1 amide bonds. The fourth-order valence-electron chi connectivity index (χ4n) is 2.20. The number of hydrogen-bond acceptors (Lipinski definition) is 3. The topological polar surface area (TPSA) is 37.6 Å². The summed E-state index contributed by atoms with van der Waals surface area (Å²) < 4.78 is 1.91. The normalized spacial score (nSPS) is 17.8. The standard InChI is InChI=1S/C12H15N3OS/c1-9-2-4-14(5-3-9)11(16)10-8-15-6-7-17-12(15)13-10/h6-9H,2-5H2,1H3. The fraction of sp³-hybridized carbons (Fsp3) is 0.500. The van der Waals surface area contributed by atoms with Gasteiger partial charge in [0.1, 0.15) is 5.69 Å². The van der Waals surface area contributed by atoms with Gasteiger partial charge < -0.3 is 4.90 Å². The predicted molar refractivity (Wildman–Crippen MR) is 67.4 cm³/mol. The molecule has 17 heavy (non-hydrogen) atoms. The van der Waals surface area contributed by atoms with Gasteiger partial charge in [-0.05, 0) is 18.8 Å². The van der Waals surface area contributed by atoms with Gasteiger partial charge in [0.05, 0.1) is 0 Å². The second-order valence-corrected chi connectivity index (χ2v) is 5.57. The van der Waals surface area contributed by atoms with E-state index >= 15 is 0 Å². The van der Waals surface area contributed by atoms with Gasteiger partial charge in [-0.2, -0.15) is 0 Å². The number of aromatic nitrogens is 2. The lowest BCUT2D eigenvalue weighted by Crippen LogP contribution is -2.38. The fourth-order valence-corrected chi connectivity index (χ4v) is 2.90. The molecule has 90 valence electrons. The van der Waals surface area contributed by atoms with Gasteiger partial charge in [0, 0.05) is 30.9 Å². The van der Waals surface area contributed by atoms with Crippen LogP contribution in [0.1, 0.15) is 30.3 Å². The van der Waals surface area contributed by atoms with E-state index in [4.69, 9.17) is 0 Å². The first kappa shape index (κ1) is 10.8. The average Bonchev–Trinajstić information content (AvgIpc) is 2.89. The zero-order chi connectivity index (χ0) is 11.8. The van der Waals surface area contributed by atoms with E-state index in [1.807, 2.05) is 27.1 Å². The molecule has 1 fully saturated rings. The number of imidazole rings is 1. The Morgan fingerprint density at radius 1 is 1.47 bits per heavy atom. The number of likely N-dealkylation sites (tertiary alicyclic amines) is 1. The van der Waals surface area contributed by atoms with Crippen molar-refractivity contribution in [3.05, 3.63) is 23.5 Å². The van der Waals surface area contributed by atoms with E-state index < -0.39 is 0 Å². The van der Waals surface area contributed by atoms with Crippen molar-refractivity contribution in [3.8, 4) is 0 Å². The summed E-state index contributed by atoms with van der Waals surface area (Å²) in [4.78, 5) is 19.4. The molecule has 2 aromatic heterocycles. The van der Waals surface area contributed by atoms with Gasteiger partial charge >= 0.3 is 0 Å². The summed E-state index contributed by atoms with van der Waals surface area (Å²) in [6.07, 6.45) is 5.97. The van der Waals surface area contributed by atoms with Crippen LogP contribution >= 0.6 is 11.3 Å². The third-order valence-electron chi connectivity index (χ3n) is 3.38. The van der Waals surface area contributed by atoms with Gasteiger partial charge in [-0.1, -0.05) is 6.92 Å². The van der Waals surface area contributed by atoms with Crippen molar-refractivity contribution < 1.29 is 4.79 Å². The summed E-state index contributed by atoms with van der Waals surface area (Å²) in [5.41, 5.74) is 0.575. The molecule has 2 aromatic rings. The molecule has 0 aromatic carbocycles. The molecule has 0 bridgehead atoms. The number of carbonyl (C=O) groups excluding carboxylic acids is 1. The van der Waals surface area contributed by atoms with Crippen LogP contribution in [0.2, 0.25) is 0 Å². The maximum atomic E-state index is 12.2. The minimum absolute atomic E-state index is 0.0767. The van der Waals surface area contributed by atoms with E-state index in [1.165, 1.54) is 0 Å². The van der Waals surface area contributed by atoms with Crippen molar-refractivity contribution >= 4 is 22.2 Å². The first-order valence-corrected chi connectivity index (χ1v) is 6.83. The molecule has 1 aliphatic rings. The van der Waals surface area contributed by atoms with E-state index in [9.17, 15) is 4.79 Å².